The first-order valence-corrected chi connectivity index (χ1v) is 9.13. The summed E-state index contributed by atoms with van der Waals surface area (Å²) in [6.45, 7) is 1.97. The quantitative estimate of drug-likeness (QED) is 0.602. The fourth-order valence-electron chi connectivity index (χ4n) is 3.18. The van der Waals surface area contributed by atoms with Crippen LogP contribution in [0.3, 0.4) is 0 Å². The Morgan fingerprint density at radius 3 is 2.50 bits per heavy atom. The van der Waals surface area contributed by atoms with Crippen LogP contribution in [0.4, 0.5) is 8.78 Å². The van der Waals surface area contributed by atoms with Crippen LogP contribution < -0.4 is 0 Å². The third-order valence-corrected chi connectivity index (χ3v) is 5.19. The second-order valence-corrected chi connectivity index (χ2v) is 7.02. The lowest BCUT2D eigenvalue weighted by atomic mass is 9.99. The summed E-state index contributed by atoms with van der Waals surface area (Å²) in [4.78, 5) is 9.02. The summed E-state index contributed by atoms with van der Waals surface area (Å²) in [5, 5.41) is 4.82. The summed E-state index contributed by atoms with van der Waals surface area (Å²) in [5.41, 5.74) is 0.552. The van der Waals surface area contributed by atoms with Crippen LogP contribution in [-0.4, -0.2) is 27.6 Å². The number of halogens is 4. The number of methoxy groups -OCH3 is 1. The highest BCUT2D eigenvalue weighted by Gasteiger charge is 2.30. The standard InChI is InChI=1S/C19H14Cl2F2N4O/c1-9-19-25-14(8-28-2)26-27(19)13-7-6-10(20)17(21)16(13)18(24-9)15-11(22)4-3-5-12(15)23/h3-7,9H,8H2,1-2H3/t9-/m0/s1. The number of aliphatic imine (C=N–C) groups is 1. The lowest BCUT2D eigenvalue weighted by Gasteiger charge is -2.14. The van der Waals surface area contributed by atoms with E-state index in [1.165, 1.54) is 25.3 Å². The number of nitrogens with zero attached hydrogens (tertiary/aromatic N) is 4. The van der Waals surface area contributed by atoms with Crippen LogP contribution in [0, 0.1) is 11.6 Å². The molecule has 2 aromatic carbocycles. The number of fused-ring (bicyclic) bond motifs is 3. The molecule has 3 aromatic rings. The van der Waals surface area contributed by atoms with E-state index < -0.39 is 17.7 Å². The van der Waals surface area contributed by atoms with Crippen molar-refractivity contribution in [2.24, 2.45) is 4.99 Å². The van der Waals surface area contributed by atoms with Crippen molar-refractivity contribution in [3.8, 4) is 5.69 Å². The van der Waals surface area contributed by atoms with Gasteiger partial charge in [0.2, 0.25) is 0 Å². The molecule has 0 fully saturated rings. The first-order chi connectivity index (χ1) is 13.4. The number of rotatable bonds is 3. The zero-order chi connectivity index (χ0) is 20.0. The van der Waals surface area contributed by atoms with Crippen LogP contribution in [0.15, 0.2) is 35.3 Å². The molecule has 0 saturated heterocycles. The van der Waals surface area contributed by atoms with Gasteiger partial charge in [-0.1, -0.05) is 29.3 Å². The van der Waals surface area contributed by atoms with E-state index in [1.807, 2.05) is 0 Å². The Morgan fingerprint density at radius 2 is 1.82 bits per heavy atom. The summed E-state index contributed by atoms with van der Waals surface area (Å²) in [7, 11) is 1.54. The lowest BCUT2D eigenvalue weighted by Crippen LogP contribution is -2.13. The lowest BCUT2D eigenvalue weighted by molar-refractivity contribution is 0.178. The molecule has 0 bridgehead atoms. The van der Waals surface area contributed by atoms with Gasteiger partial charge in [0.25, 0.3) is 0 Å². The summed E-state index contributed by atoms with van der Waals surface area (Å²) in [6, 6.07) is 6.35. The molecule has 0 spiro atoms. The number of ether oxygens (including phenoxy) is 1. The number of hydrogen-bond acceptors (Lipinski definition) is 4. The van der Waals surface area contributed by atoms with Gasteiger partial charge in [0.15, 0.2) is 11.6 Å². The van der Waals surface area contributed by atoms with Crippen molar-refractivity contribution in [2.75, 3.05) is 7.11 Å². The smallest absolute Gasteiger partial charge is 0.177 e. The van der Waals surface area contributed by atoms with Gasteiger partial charge >= 0.3 is 0 Å². The summed E-state index contributed by atoms with van der Waals surface area (Å²) >= 11 is 12.7. The molecule has 0 radical (unpaired) electrons. The molecule has 1 aliphatic rings. The van der Waals surface area contributed by atoms with Crippen LogP contribution in [-0.2, 0) is 11.3 Å². The third kappa shape index (κ3) is 2.99. The molecule has 0 unspecified atom stereocenters. The van der Waals surface area contributed by atoms with Gasteiger partial charge in [0, 0.05) is 12.7 Å². The topological polar surface area (TPSA) is 52.3 Å². The first-order valence-electron chi connectivity index (χ1n) is 8.38. The van der Waals surface area contributed by atoms with Crippen LogP contribution in [0.5, 0.6) is 0 Å². The average Bonchev–Trinajstić information content (AvgIpc) is 3.03. The maximum atomic E-state index is 14.6. The molecule has 4 rings (SSSR count). The maximum absolute atomic E-state index is 14.6. The van der Waals surface area contributed by atoms with E-state index in [1.54, 1.807) is 23.7 Å². The Kier molecular flexibility index (Phi) is 4.91. The van der Waals surface area contributed by atoms with Crippen LogP contribution in [0.25, 0.3) is 5.69 Å². The monoisotopic (exact) mass is 422 g/mol. The van der Waals surface area contributed by atoms with E-state index in [0.717, 1.165) is 0 Å². The van der Waals surface area contributed by atoms with Gasteiger partial charge in [-0.25, -0.2) is 18.4 Å². The molecule has 5 nitrogen and oxygen atoms in total. The first kappa shape index (κ1) is 19.0. The minimum absolute atomic E-state index is 0.0613. The van der Waals surface area contributed by atoms with E-state index in [9.17, 15) is 8.78 Å². The number of benzene rings is 2. The van der Waals surface area contributed by atoms with Gasteiger partial charge in [-0.15, -0.1) is 5.10 Å². The Labute approximate surface area is 169 Å². The predicted octanol–water partition coefficient (Wildman–Crippen LogP) is 4.91. The minimum Gasteiger partial charge on any atom is -0.377 e. The molecule has 1 aromatic heterocycles. The molecule has 0 N–H and O–H groups in total. The Bertz CT molecular complexity index is 1090. The van der Waals surface area contributed by atoms with Crippen molar-refractivity contribution in [1.82, 2.24) is 14.8 Å². The largest absolute Gasteiger partial charge is 0.377 e. The van der Waals surface area contributed by atoms with E-state index in [0.29, 0.717) is 17.3 Å². The Balaban J connectivity index is 2.06. The number of hydrogen-bond donors (Lipinski definition) is 0. The molecule has 0 amide bonds. The Morgan fingerprint density at radius 1 is 1.11 bits per heavy atom. The zero-order valence-electron chi connectivity index (χ0n) is 14.9. The normalized spacial score (nSPS) is 15.6. The highest BCUT2D eigenvalue weighted by Crippen LogP contribution is 2.37. The molecule has 28 heavy (non-hydrogen) atoms. The molecule has 1 atom stereocenters. The van der Waals surface area contributed by atoms with E-state index >= 15 is 0 Å². The highest BCUT2D eigenvalue weighted by atomic mass is 35.5. The van der Waals surface area contributed by atoms with E-state index in [2.05, 4.69) is 15.1 Å². The van der Waals surface area contributed by atoms with Gasteiger partial charge in [-0.05, 0) is 31.2 Å². The molecule has 0 aliphatic carbocycles. The highest BCUT2D eigenvalue weighted by molar-refractivity contribution is 6.45. The fraction of sp³-hybridized carbons (Fsp3) is 0.211. The number of aromatic nitrogens is 3. The maximum Gasteiger partial charge on any atom is 0.177 e. The van der Waals surface area contributed by atoms with Crippen LogP contribution >= 0.6 is 23.2 Å². The third-order valence-electron chi connectivity index (χ3n) is 4.38. The molecule has 1 aliphatic heterocycles. The van der Waals surface area contributed by atoms with Gasteiger partial charge < -0.3 is 4.74 Å². The van der Waals surface area contributed by atoms with Gasteiger partial charge in [0.1, 0.15) is 24.3 Å². The van der Waals surface area contributed by atoms with Gasteiger partial charge in [-0.2, -0.15) is 0 Å². The van der Waals surface area contributed by atoms with Crippen molar-refractivity contribution in [3.63, 3.8) is 0 Å². The Hall–Kier alpha value is -2.35. The van der Waals surface area contributed by atoms with Crippen LogP contribution in [0.1, 0.15) is 35.7 Å². The molecular formula is C19H14Cl2F2N4O. The molecular weight excluding hydrogens is 409 g/mol. The van der Waals surface area contributed by atoms with Crippen molar-refractivity contribution >= 4 is 28.9 Å². The molecule has 0 saturated carbocycles. The molecule has 9 heteroatoms. The molecule has 144 valence electrons. The summed E-state index contributed by atoms with van der Waals surface area (Å²) in [6.07, 6.45) is 0. The second kappa shape index (κ2) is 7.24. The zero-order valence-corrected chi connectivity index (χ0v) is 16.4. The van der Waals surface area contributed by atoms with Crippen molar-refractivity contribution < 1.29 is 13.5 Å². The van der Waals surface area contributed by atoms with E-state index in [-0.39, 0.29) is 33.5 Å². The summed E-state index contributed by atoms with van der Waals surface area (Å²) in [5.74, 6) is -0.545. The second-order valence-electron chi connectivity index (χ2n) is 6.24. The fourth-order valence-corrected chi connectivity index (χ4v) is 3.59. The summed E-state index contributed by atoms with van der Waals surface area (Å²) < 4.78 is 35.8. The predicted molar refractivity (Wildman–Crippen MR) is 103 cm³/mol. The van der Waals surface area contributed by atoms with Gasteiger partial charge in [0.05, 0.1) is 27.0 Å². The van der Waals surface area contributed by atoms with Crippen molar-refractivity contribution in [1.29, 1.82) is 0 Å². The van der Waals surface area contributed by atoms with Crippen molar-refractivity contribution in [3.05, 3.63) is 74.8 Å². The van der Waals surface area contributed by atoms with E-state index in [4.69, 9.17) is 27.9 Å². The SMILES string of the molecule is COCc1nc2n(n1)-c1ccc(Cl)c(Cl)c1C(c1c(F)cccc1F)=N[C@H]2C. The van der Waals surface area contributed by atoms with Crippen LogP contribution in [0.2, 0.25) is 10.0 Å². The molecule has 2 heterocycles. The van der Waals surface area contributed by atoms with Crippen molar-refractivity contribution in [2.45, 2.75) is 19.6 Å². The minimum atomic E-state index is -0.750. The van der Waals surface area contributed by atoms with Gasteiger partial charge in [-0.3, -0.25) is 4.99 Å². The average molecular weight is 423 g/mol.